The summed E-state index contributed by atoms with van der Waals surface area (Å²) >= 11 is 0. The maximum Gasteiger partial charge on any atom is 0.254 e. The van der Waals surface area contributed by atoms with Gasteiger partial charge in [0, 0.05) is 30.3 Å². The van der Waals surface area contributed by atoms with Gasteiger partial charge in [-0.05, 0) is 68.7 Å². The van der Waals surface area contributed by atoms with Gasteiger partial charge in [0.2, 0.25) is 5.91 Å². The molecule has 1 fully saturated rings. The summed E-state index contributed by atoms with van der Waals surface area (Å²) in [6, 6.07) is 12.8. The van der Waals surface area contributed by atoms with Crippen molar-refractivity contribution in [1.29, 1.82) is 0 Å². The summed E-state index contributed by atoms with van der Waals surface area (Å²) in [7, 11) is 1.61. The van der Waals surface area contributed by atoms with Crippen LogP contribution >= 0.6 is 0 Å². The Morgan fingerprint density at radius 3 is 2.38 bits per heavy atom. The Labute approximate surface area is 171 Å². The van der Waals surface area contributed by atoms with Crippen molar-refractivity contribution in [3.05, 3.63) is 53.6 Å². The first-order chi connectivity index (χ1) is 14.0. The summed E-state index contributed by atoms with van der Waals surface area (Å²) in [5.74, 6) is 1.50. The van der Waals surface area contributed by atoms with Crippen LogP contribution < -0.4 is 14.8 Å². The molecule has 29 heavy (non-hydrogen) atoms. The molecule has 1 saturated carbocycles. The number of nitrogens with one attached hydrogen (secondary N) is 1. The number of hydrogen-bond acceptors (Lipinski definition) is 4. The van der Waals surface area contributed by atoms with Crippen molar-refractivity contribution in [2.75, 3.05) is 25.6 Å². The van der Waals surface area contributed by atoms with E-state index >= 15 is 0 Å². The second-order valence-electron chi connectivity index (χ2n) is 7.08. The molecule has 1 N–H and O–H groups in total. The van der Waals surface area contributed by atoms with Crippen LogP contribution in [0, 0.1) is 5.92 Å². The number of hydrogen-bond donors (Lipinski definition) is 1. The van der Waals surface area contributed by atoms with E-state index in [1.165, 1.54) is 0 Å². The molecule has 2 amide bonds. The van der Waals surface area contributed by atoms with Gasteiger partial charge in [-0.25, -0.2) is 0 Å². The number of rotatable bonds is 9. The minimum Gasteiger partial charge on any atom is -0.493 e. The number of anilines is 1. The maximum atomic E-state index is 12.9. The van der Waals surface area contributed by atoms with Gasteiger partial charge in [-0.3, -0.25) is 9.59 Å². The van der Waals surface area contributed by atoms with Gasteiger partial charge in [0.05, 0.1) is 13.7 Å². The van der Waals surface area contributed by atoms with Crippen molar-refractivity contribution >= 4 is 17.5 Å². The number of amides is 2. The largest absolute Gasteiger partial charge is 0.493 e. The normalized spacial score (nSPS) is 12.9. The second-order valence-corrected chi connectivity index (χ2v) is 7.08. The van der Waals surface area contributed by atoms with Crippen LogP contribution in [0.3, 0.4) is 0 Å². The third kappa shape index (κ3) is 5.28. The van der Waals surface area contributed by atoms with E-state index in [1.54, 1.807) is 36.3 Å². The molecule has 0 heterocycles. The maximum absolute atomic E-state index is 12.9. The van der Waals surface area contributed by atoms with Crippen LogP contribution in [0.15, 0.2) is 42.5 Å². The molecule has 1 aliphatic carbocycles. The van der Waals surface area contributed by atoms with Gasteiger partial charge >= 0.3 is 0 Å². The fourth-order valence-electron chi connectivity index (χ4n) is 3.10. The van der Waals surface area contributed by atoms with Crippen LogP contribution in [-0.2, 0) is 11.3 Å². The number of carbonyl (C=O) groups excluding carboxylic acids is 2. The molecule has 0 spiro atoms. The highest BCUT2D eigenvalue weighted by molar-refractivity contribution is 5.96. The standard InChI is InChI=1S/C23H28N2O4/c1-4-25(15-16-6-13-20(29-5-2)21(14-16)28-3)23(27)18-9-11-19(12-10-18)24-22(26)17-7-8-17/h6,9-14,17H,4-5,7-8,15H2,1-3H3,(H,24,26). The number of carbonyl (C=O) groups is 2. The van der Waals surface area contributed by atoms with Gasteiger partial charge in [0.1, 0.15) is 0 Å². The molecule has 0 radical (unpaired) electrons. The molecule has 0 saturated heterocycles. The van der Waals surface area contributed by atoms with Crippen molar-refractivity contribution in [3.63, 3.8) is 0 Å². The zero-order chi connectivity index (χ0) is 20.8. The highest BCUT2D eigenvalue weighted by Crippen LogP contribution is 2.30. The monoisotopic (exact) mass is 396 g/mol. The smallest absolute Gasteiger partial charge is 0.254 e. The van der Waals surface area contributed by atoms with E-state index in [9.17, 15) is 9.59 Å². The van der Waals surface area contributed by atoms with Gasteiger partial charge in [-0.2, -0.15) is 0 Å². The zero-order valence-corrected chi connectivity index (χ0v) is 17.2. The summed E-state index contributed by atoms with van der Waals surface area (Å²) in [4.78, 5) is 26.6. The highest BCUT2D eigenvalue weighted by Gasteiger charge is 2.29. The minimum atomic E-state index is -0.0552. The first-order valence-corrected chi connectivity index (χ1v) is 10.1. The molecule has 2 aromatic rings. The highest BCUT2D eigenvalue weighted by atomic mass is 16.5. The van der Waals surface area contributed by atoms with E-state index in [1.807, 2.05) is 32.0 Å². The van der Waals surface area contributed by atoms with Crippen LogP contribution in [0.1, 0.15) is 42.6 Å². The average Bonchev–Trinajstić information content (AvgIpc) is 3.58. The van der Waals surface area contributed by atoms with E-state index in [4.69, 9.17) is 9.47 Å². The van der Waals surface area contributed by atoms with Crippen molar-refractivity contribution in [2.24, 2.45) is 5.92 Å². The summed E-state index contributed by atoms with van der Waals surface area (Å²) < 4.78 is 11.0. The molecule has 0 aromatic heterocycles. The second kappa shape index (κ2) is 9.45. The Kier molecular flexibility index (Phi) is 6.75. The Morgan fingerprint density at radius 1 is 1.07 bits per heavy atom. The molecule has 2 aromatic carbocycles. The number of methoxy groups -OCH3 is 1. The predicted molar refractivity (Wildman–Crippen MR) is 112 cm³/mol. The molecule has 0 aliphatic heterocycles. The molecule has 0 unspecified atom stereocenters. The fourth-order valence-corrected chi connectivity index (χ4v) is 3.10. The van der Waals surface area contributed by atoms with Crippen molar-refractivity contribution in [2.45, 2.75) is 33.2 Å². The molecule has 6 nitrogen and oxygen atoms in total. The van der Waals surface area contributed by atoms with E-state index in [0.717, 1.165) is 24.1 Å². The van der Waals surface area contributed by atoms with E-state index < -0.39 is 0 Å². The fraction of sp³-hybridized carbons (Fsp3) is 0.391. The summed E-state index contributed by atoms with van der Waals surface area (Å²) in [6.45, 7) is 5.49. The number of nitrogens with zero attached hydrogens (tertiary/aromatic N) is 1. The number of benzene rings is 2. The Bertz CT molecular complexity index is 860. The molecule has 3 rings (SSSR count). The summed E-state index contributed by atoms with van der Waals surface area (Å²) in [6.07, 6.45) is 1.92. The van der Waals surface area contributed by atoms with Crippen LogP contribution in [0.25, 0.3) is 0 Å². The lowest BCUT2D eigenvalue weighted by molar-refractivity contribution is -0.117. The first-order valence-electron chi connectivity index (χ1n) is 10.1. The topological polar surface area (TPSA) is 67.9 Å². The molecule has 0 bridgehead atoms. The van der Waals surface area contributed by atoms with Gasteiger partial charge in [0.25, 0.3) is 5.91 Å². The first kappa shape index (κ1) is 20.7. The third-order valence-electron chi connectivity index (χ3n) is 4.92. The van der Waals surface area contributed by atoms with Crippen LogP contribution in [0.2, 0.25) is 0 Å². The average molecular weight is 396 g/mol. The van der Waals surface area contributed by atoms with Crippen molar-refractivity contribution in [3.8, 4) is 11.5 Å². The van der Waals surface area contributed by atoms with E-state index in [2.05, 4.69) is 5.32 Å². The minimum absolute atomic E-state index is 0.0552. The Morgan fingerprint density at radius 2 is 1.79 bits per heavy atom. The molecule has 1 aliphatic rings. The van der Waals surface area contributed by atoms with Crippen molar-refractivity contribution in [1.82, 2.24) is 4.90 Å². The third-order valence-corrected chi connectivity index (χ3v) is 4.92. The molecular weight excluding hydrogens is 368 g/mol. The lowest BCUT2D eigenvalue weighted by atomic mass is 10.1. The zero-order valence-electron chi connectivity index (χ0n) is 17.2. The molecule has 154 valence electrons. The molecular formula is C23H28N2O4. The summed E-state index contributed by atoms with van der Waals surface area (Å²) in [5.41, 5.74) is 2.28. The Balaban J connectivity index is 1.67. The summed E-state index contributed by atoms with van der Waals surface area (Å²) in [5, 5.41) is 2.89. The number of ether oxygens (including phenoxy) is 2. The van der Waals surface area contributed by atoms with E-state index in [-0.39, 0.29) is 17.7 Å². The molecule has 0 atom stereocenters. The molecule has 6 heteroatoms. The van der Waals surface area contributed by atoms with Gasteiger partial charge in [0.15, 0.2) is 11.5 Å². The van der Waals surface area contributed by atoms with Gasteiger partial charge in [-0.15, -0.1) is 0 Å². The van der Waals surface area contributed by atoms with Crippen molar-refractivity contribution < 1.29 is 19.1 Å². The quantitative estimate of drug-likeness (QED) is 0.693. The SMILES string of the molecule is CCOc1ccc(CN(CC)C(=O)c2ccc(NC(=O)C3CC3)cc2)cc1OC. The Hall–Kier alpha value is -3.02. The lowest BCUT2D eigenvalue weighted by Gasteiger charge is -2.22. The van der Waals surface area contributed by atoms with Crippen LogP contribution in [0.5, 0.6) is 11.5 Å². The van der Waals surface area contributed by atoms with Gasteiger partial charge in [-0.1, -0.05) is 6.07 Å². The van der Waals surface area contributed by atoms with Crippen LogP contribution in [-0.4, -0.2) is 37.0 Å². The van der Waals surface area contributed by atoms with Gasteiger partial charge < -0.3 is 19.7 Å². The predicted octanol–water partition coefficient (Wildman–Crippen LogP) is 4.10. The van der Waals surface area contributed by atoms with E-state index in [0.29, 0.717) is 36.8 Å². The lowest BCUT2D eigenvalue weighted by Crippen LogP contribution is -2.30. The van der Waals surface area contributed by atoms with Crippen LogP contribution in [0.4, 0.5) is 5.69 Å².